The van der Waals surface area contributed by atoms with Gasteiger partial charge in [-0.05, 0) is 48.9 Å². The zero-order chi connectivity index (χ0) is 24.4. The van der Waals surface area contributed by atoms with Gasteiger partial charge in [-0.15, -0.1) is 0 Å². The highest BCUT2D eigenvalue weighted by atomic mass is 32.2. The molecule has 2 heterocycles. The molecule has 1 aromatic heterocycles. The van der Waals surface area contributed by atoms with Crippen molar-refractivity contribution in [1.29, 1.82) is 0 Å². The molecular weight excluding hydrogens is 446 g/mol. The average molecular weight is 478 g/mol. The molecule has 0 bridgehead atoms. The number of sulfonamides is 1. The fourth-order valence-corrected chi connectivity index (χ4v) is 5.25. The summed E-state index contributed by atoms with van der Waals surface area (Å²) in [6.45, 7) is 8.32. The third kappa shape index (κ3) is 5.65. The number of hydrogen-bond donors (Lipinski definition) is 0. The largest absolute Gasteiger partial charge is 0.463 e. The summed E-state index contributed by atoms with van der Waals surface area (Å²) in [6, 6.07) is 8.60. The molecule has 0 N–H and O–H groups in total. The van der Waals surface area contributed by atoms with Gasteiger partial charge in [0.2, 0.25) is 15.8 Å². The molecule has 0 atom stereocenters. The summed E-state index contributed by atoms with van der Waals surface area (Å²) in [5.74, 6) is -0.963. The van der Waals surface area contributed by atoms with Gasteiger partial charge >= 0.3 is 11.9 Å². The number of carbonyl (C=O) groups excluding carboxylic acids is 2. The highest BCUT2D eigenvalue weighted by Crippen LogP contribution is 2.28. The van der Waals surface area contributed by atoms with E-state index < -0.39 is 27.9 Å². The van der Waals surface area contributed by atoms with E-state index in [1.54, 1.807) is 25.1 Å². The van der Waals surface area contributed by atoms with Crippen LogP contribution in [0.15, 0.2) is 39.6 Å². The van der Waals surface area contributed by atoms with Gasteiger partial charge in [0.1, 0.15) is 12.4 Å². The molecule has 33 heavy (non-hydrogen) atoms. The van der Waals surface area contributed by atoms with Crippen molar-refractivity contribution in [2.45, 2.75) is 57.5 Å². The first-order chi connectivity index (χ1) is 15.4. The second-order valence-corrected chi connectivity index (χ2v) is 11.2. The van der Waals surface area contributed by atoms with Crippen LogP contribution in [0.2, 0.25) is 0 Å². The Labute approximate surface area is 194 Å². The third-order valence-corrected chi connectivity index (χ3v) is 7.75. The lowest BCUT2D eigenvalue weighted by molar-refractivity contribution is -0.151. The number of benzene rings is 1. The van der Waals surface area contributed by atoms with Crippen molar-refractivity contribution in [1.82, 2.24) is 4.31 Å². The highest BCUT2D eigenvalue weighted by molar-refractivity contribution is 7.89. The lowest BCUT2D eigenvalue weighted by atomic mass is 9.87. The number of piperidine rings is 1. The first-order valence-corrected chi connectivity index (χ1v) is 12.3. The molecule has 0 saturated carbocycles. The molecule has 8 nitrogen and oxygen atoms in total. The molecule has 1 saturated heterocycles. The number of ether oxygens (including phenoxy) is 2. The smallest absolute Gasteiger partial charge is 0.374 e. The van der Waals surface area contributed by atoms with Gasteiger partial charge in [-0.1, -0.05) is 32.9 Å². The first-order valence-electron chi connectivity index (χ1n) is 10.9. The van der Waals surface area contributed by atoms with E-state index in [4.69, 9.17) is 9.15 Å². The average Bonchev–Trinajstić information content (AvgIpc) is 3.17. The van der Waals surface area contributed by atoms with Crippen LogP contribution in [-0.2, 0) is 36.3 Å². The van der Waals surface area contributed by atoms with Crippen molar-refractivity contribution >= 4 is 22.0 Å². The molecule has 2 aromatic rings. The lowest BCUT2D eigenvalue weighted by Gasteiger charge is -2.30. The number of esters is 2. The van der Waals surface area contributed by atoms with E-state index in [1.165, 1.54) is 11.4 Å². The number of carbonyl (C=O) groups is 2. The van der Waals surface area contributed by atoms with Crippen LogP contribution in [0.25, 0.3) is 0 Å². The highest BCUT2D eigenvalue weighted by Gasteiger charge is 2.33. The van der Waals surface area contributed by atoms with Crippen molar-refractivity contribution in [3.05, 3.63) is 53.0 Å². The molecule has 0 spiro atoms. The summed E-state index contributed by atoms with van der Waals surface area (Å²) in [4.78, 5) is 24.4. The maximum atomic E-state index is 13.0. The first kappa shape index (κ1) is 25.0. The van der Waals surface area contributed by atoms with E-state index in [0.29, 0.717) is 24.2 Å². The molecule has 0 aliphatic carbocycles. The molecule has 0 unspecified atom stereocenters. The summed E-state index contributed by atoms with van der Waals surface area (Å²) in [6.07, 6.45) is 0.755. The van der Waals surface area contributed by atoms with Crippen LogP contribution >= 0.6 is 0 Å². The van der Waals surface area contributed by atoms with Crippen LogP contribution < -0.4 is 0 Å². The molecular formula is C24H31NO7S. The van der Waals surface area contributed by atoms with Crippen LogP contribution in [0.3, 0.4) is 0 Å². The Hall–Kier alpha value is -2.65. The number of rotatable bonds is 6. The second kappa shape index (κ2) is 9.69. The van der Waals surface area contributed by atoms with E-state index in [9.17, 15) is 18.0 Å². The van der Waals surface area contributed by atoms with Gasteiger partial charge in [0.15, 0.2) is 0 Å². The molecule has 9 heteroatoms. The summed E-state index contributed by atoms with van der Waals surface area (Å²) in [5, 5.41) is 0. The normalized spacial score (nSPS) is 15.9. The predicted octanol–water partition coefficient (Wildman–Crippen LogP) is 3.82. The minimum absolute atomic E-state index is 0.0593. The number of aryl methyl sites for hydroxylation is 1. The Morgan fingerprint density at radius 1 is 1.12 bits per heavy atom. The number of methoxy groups -OCH3 is 1. The maximum absolute atomic E-state index is 13.0. The number of nitrogens with zero attached hydrogens (tertiary/aromatic N) is 1. The van der Waals surface area contributed by atoms with Crippen molar-refractivity contribution in [3.8, 4) is 0 Å². The van der Waals surface area contributed by atoms with Gasteiger partial charge < -0.3 is 13.9 Å². The van der Waals surface area contributed by atoms with Crippen LogP contribution in [0.1, 0.15) is 61.1 Å². The van der Waals surface area contributed by atoms with Gasteiger partial charge in [-0.2, -0.15) is 4.31 Å². The quantitative estimate of drug-likeness (QED) is 0.583. The lowest BCUT2D eigenvalue weighted by Crippen LogP contribution is -2.40. The molecule has 1 aliphatic heterocycles. The van der Waals surface area contributed by atoms with Crippen molar-refractivity contribution in [2.24, 2.45) is 5.92 Å². The Bertz CT molecular complexity index is 1100. The molecule has 0 amide bonds. The number of hydrogen-bond acceptors (Lipinski definition) is 7. The minimum Gasteiger partial charge on any atom is -0.463 e. The van der Waals surface area contributed by atoms with Crippen LogP contribution in [-0.4, -0.2) is 44.9 Å². The van der Waals surface area contributed by atoms with E-state index >= 15 is 0 Å². The fraction of sp³-hybridized carbons (Fsp3) is 0.500. The number of furan rings is 1. The zero-order valence-corrected chi connectivity index (χ0v) is 20.5. The summed E-state index contributed by atoms with van der Waals surface area (Å²) < 4.78 is 42.8. The van der Waals surface area contributed by atoms with E-state index in [-0.39, 0.29) is 35.8 Å². The Morgan fingerprint density at radius 3 is 2.27 bits per heavy atom. The van der Waals surface area contributed by atoms with Gasteiger partial charge in [0.25, 0.3) is 0 Å². The Balaban J connectivity index is 1.55. The summed E-state index contributed by atoms with van der Waals surface area (Å²) >= 11 is 0. The maximum Gasteiger partial charge on any atom is 0.374 e. The van der Waals surface area contributed by atoms with Crippen molar-refractivity contribution in [2.75, 3.05) is 20.2 Å². The predicted molar refractivity (Wildman–Crippen MR) is 121 cm³/mol. The molecule has 3 rings (SSSR count). The zero-order valence-electron chi connectivity index (χ0n) is 19.7. The standard InChI is InChI=1S/C24H31NO7S/c1-16-14-19(32-21(16)23(27)30-5)15-31-22(26)17-10-12-25(13-11-17)33(28,29)20-8-6-18(7-9-20)24(2,3)4/h6-9,14,17H,10-13,15H2,1-5H3. The SMILES string of the molecule is COC(=O)c1oc(COC(=O)C2CCN(S(=O)(=O)c3ccc(C(C)(C)C)cc3)CC2)cc1C. The Morgan fingerprint density at radius 2 is 1.73 bits per heavy atom. The van der Waals surface area contributed by atoms with Crippen LogP contribution in [0.5, 0.6) is 0 Å². The van der Waals surface area contributed by atoms with Gasteiger partial charge in [-0.25, -0.2) is 13.2 Å². The topological polar surface area (TPSA) is 103 Å². The van der Waals surface area contributed by atoms with Gasteiger partial charge in [-0.3, -0.25) is 4.79 Å². The summed E-state index contributed by atoms with van der Waals surface area (Å²) in [7, 11) is -2.36. The van der Waals surface area contributed by atoms with E-state index in [0.717, 1.165) is 5.56 Å². The molecule has 180 valence electrons. The second-order valence-electron chi connectivity index (χ2n) is 9.28. The van der Waals surface area contributed by atoms with E-state index in [2.05, 4.69) is 25.5 Å². The molecule has 0 radical (unpaired) electrons. The van der Waals surface area contributed by atoms with Crippen molar-refractivity contribution < 1.29 is 31.9 Å². The van der Waals surface area contributed by atoms with Crippen molar-refractivity contribution in [3.63, 3.8) is 0 Å². The Kier molecular flexibility index (Phi) is 7.33. The van der Waals surface area contributed by atoms with Gasteiger partial charge in [0, 0.05) is 18.7 Å². The van der Waals surface area contributed by atoms with E-state index in [1.807, 2.05) is 12.1 Å². The monoisotopic (exact) mass is 477 g/mol. The third-order valence-electron chi connectivity index (χ3n) is 5.84. The molecule has 1 aliphatic rings. The fourth-order valence-electron chi connectivity index (χ4n) is 3.78. The van der Waals surface area contributed by atoms with Gasteiger partial charge in [0.05, 0.1) is 17.9 Å². The van der Waals surface area contributed by atoms with Crippen LogP contribution in [0, 0.1) is 12.8 Å². The molecule has 1 aromatic carbocycles. The minimum atomic E-state index is -3.62. The molecule has 1 fully saturated rings. The summed E-state index contributed by atoms with van der Waals surface area (Å²) in [5.41, 5.74) is 1.60. The van der Waals surface area contributed by atoms with Crippen LogP contribution in [0.4, 0.5) is 0 Å².